The monoisotopic (exact) mass is 547 g/mol. The number of nitrogens with zero attached hydrogens (tertiary/aromatic N) is 1. The molecule has 180 valence electrons. The van der Waals surface area contributed by atoms with E-state index < -0.39 is 13.3 Å². The summed E-state index contributed by atoms with van der Waals surface area (Å²) in [6, 6.07) is 60.4. The van der Waals surface area contributed by atoms with E-state index in [4.69, 9.17) is 0 Å². The maximum absolute atomic E-state index is 3.25. The van der Waals surface area contributed by atoms with Crippen LogP contribution in [0.15, 0.2) is 164 Å². The third kappa shape index (κ3) is 3.54. The van der Waals surface area contributed by atoms with Gasteiger partial charge in [0, 0.05) is 0 Å². The Bertz CT molecular complexity index is 1690. The molecule has 0 saturated heterocycles. The van der Waals surface area contributed by atoms with Crippen molar-refractivity contribution in [3.63, 3.8) is 0 Å². The molecule has 7 aromatic rings. The SMILES string of the molecule is c1cc[c]([Ge]([c]2ccccc2)([c]2ccccc2)[c]2ccc(-n3c4ccccc4c4ccccc43)cc2)cc1. The van der Waals surface area contributed by atoms with Crippen LogP contribution < -0.4 is 17.6 Å². The molecule has 0 amide bonds. The minimum absolute atomic E-state index is 1.19. The third-order valence-electron chi connectivity index (χ3n) is 7.76. The molecule has 0 atom stereocenters. The van der Waals surface area contributed by atoms with Gasteiger partial charge in [0.2, 0.25) is 0 Å². The summed E-state index contributed by atoms with van der Waals surface area (Å²) in [6.07, 6.45) is 0. The van der Waals surface area contributed by atoms with Gasteiger partial charge in [0.15, 0.2) is 0 Å². The van der Waals surface area contributed by atoms with Gasteiger partial charge < -0.3 is 0 Å². The molecular formula is C36H27GeN. The Balaban J connectivity index is 1.49. The Morgan fingerprint density at radius 2 is 0.658 bits per heavy atom. The van der Waals surface area contributed by atoms with Crippen LogP contribution in [0.25, 0.3) is 27.5 Å². The van der Waals surface area contributed by atoms with Crippen molar-refractivity contribution in [3.8, 4) is 5.69 Å². The molecule has 6 aromatic carbocycles. The molecule has 0 aliphatic rings. The fourth-order valence-corrected chi connectivity index (χ4v) is 16.1. The second-order valence-electron chi connectivity index (χ2n) is 9.76. The van der Waals surface area contributed by atoms with E-state index in [2.05, 4.69) is 168 Å². The van der Waals surface area contributed by atoms with Crippen LogP contribution >= 0.6 is 0 Å². The van der Waals surface area contributed by atoms with Gasteiger partial charge in [-0.2, -0.15) is 0 Å². The van der Waals surface area contributed by atoms with Crippen LogP contribution in [0, 0.1) is 0 Å². The van der Waals surface area contributed by atoms with Gasteiger partial charge in [-0.1, -0.05) is 0 Å². The van der Waals surface area contributed by atoms with Crippen LogP contribution in [0.5, 0.6) is 0 Å². The molecule has 38 heavy (non-hydrogen) atoms. The van der Waals surface area contributed by atoms with Gasteiger partial charge in [0.25, 0.3) is 0 Å². The summed E-state index contributed by atoms with van der Waals surface area (Å²) in [7, 11) is 0. The third-order valence-corrected chi connectivity index (χ3v) is 17.8. The molecular weight excluding hydrogens is 519 g/mol. The zero-order chi connectivity index (χ0) is 25.4. The number of hydrogen-bond donors (Lipinski definition) is 0. The Morgan fingerprint density at radius 3 is 1.08 bits per heavy atom. The van der Waals surface area contributed by atoms with Crippen molar-refractivity contribution in [3.05, 3.63) is 164 Å². The van der Waals surface area contributed by atoms with E-state index in [9.17, 15) is 0 Å². The van der Waals surface area contributed by atoms with E-state index in [0.29, 0.717) is 0 Å². The van der Waals surface area contributed by atoms with Crippen LogP contribution in [-0.2, 0) is 0 Å². The van der Waals surface area contributed by atoms with Crippen LogP contribution in [0.2, 0.25) is 0 Å². The predicted octanol–water partition coefficient (Wildman–Crippen LogP) is 6.16. The van der Waals surface area contributed by atoms with Gasteiger partial charge in [0.1, 0.15) is 0 Å². The first-order valence-electron chi connectivity index (χ1n) is 13.1. The number of fused-ring (bicyclic) bond motifs is 3. The Morgan fingerprint density at radius 1 is 0.316 bits per heavy atom. The zero-order valence-corrected chi connectivity index (χ0v) is 23.1. The molecule has 0 fully saturated rings. The van der Waals surface area contributed by atoms with Crippen molar-refractivity contribution in [2.24, 2.45) is 0 Å². The van der Waals surface area contributed by atoms with E-state index >= 15 is 0 Å². The van der Waals surface area contributed by atoms with Gasteiger partial charge in [-0.05, 0) is 0 Å². The van der Waals surface area contributed by atoms with Gasteiger partial charge in [-0.3, -0.25) is 0 Å². The Kier molecular flexibility index (Phi) is 5.72. The zero-order valence-electron chi connectivity index (χ0n) is 21.0. The second kappa shape index (κ2) is 9.52. The standard InChI is InChI=1S/C36H27GeN/c1-4-14-28(15-5-1)37(29-16-6-2-7-17-29,30-18-8-3-9-19-30)31-24-26-32(27-25-31)38-35-22-12-10-20-33(35)34-21-11-13-23-36(34)38/h1-27H. The van der Waals surface area contributed by atoms with Crippen LogP contribution in [0.3, 0.4) is 0 Å². The summed E-state index contributed by atoms with van der Waals surface area (Å²) in [4.78, 5) is 0. The number of benzene rings is 6. The normalized spacial score (nSPS) is 11.7. The maximum atomic E-state index is 2.40. The van der Waals surface area contributed by atoms with Crippen LogP contribution in [0.4, 0.5) is 0 Å². The first kappa shape index (κ1) is 22.8. The van der Waals surface area contributed by atoms with E-state index in [1.807, 2.05) is 0 Å². The summed E-state index contributed by atoms with van der Waals surface area (Å²) in [5.41, 5.74) is 3.67. The molecule has 1 nitrogen and oxygen atoms in total. The molecule has 7 rings (SSSR count). The number of rotatable bonds is 5. The van der Waals surface area contributed by atoms with E-state index in [0.717, 1.165) is 0 Å². The average Bonchev–Trinajstić information content (AvgIpc) is 3.34. The first-order chi connectivity index (χ1) is 18.9. The number of aromatic nitrogens is 1. The van der Waals surface area contributed by atoms with Gasteiger partial charge in [0.05, 0.1) is 0 Å². The molecule has 0 spiro atoms. The second-order valence-corrected chi connectivity index (χ2v) is 17.8. The fourth-order valence-electron chi connectivity index (χ4n) is 6.13. The average molecular weight is 546 g/mol. The quantitative estimate of drug-likeness (QED) is 0.228. The van der Waals surface area contributed by atoms with Crippen molar-refractivity contribution in [2.45, 2.75) is 0 Å². The number of para-hydroxylation sites is 2. The fraction of sp³-hybridized carbons (Fsp3) is 0. The van der Waals surface area contributed by atoms with E-state index in [1.54, 1.807) is 0 Å². The summed E-state index contributed by atoms with van der Waals surface area (Å²) in [5, 5.41) is 2.58. The van der Waals surface area contributed by atoms with Crippen molar-refractivity contribution in [1.82, 2.24) is 4.57 Å². The first-order valence-corrected chi connectivity index (χ1v) is 17.3. The summed E-state index contributed by atoms with van der Waals surface area (Å²) >= 11 is -3.25. The summed E-state index contributed by atoms with van der Waals surface area (Å²) < 4.78 is 8.15. The Labute approximate surface area is 226 Å². The minimum atomic E-state index is -3.25. The van der Waals surface area contributed by atoms with Crippen molar-refractivity contribution in [2.75, 3.05) is 0 Å². The molecule has 0 radical (unpaired) electrons. The van der Waals surface area contributed by atoms with Crippen molar-refractivity contribution >= 4 is 52.7 Å². The van der Waals surface area contributed by atoms with E-state index in [-0.39, 0.29) is 0 Å². The van der Waals surface area contributed by atoms with Crippen molar-refractivity contribution < 1.29 is 0 Å². The van der Waals surface area contributed by atoms with Crippen LogP contribution in [-0.4, -0.2) is 17.8 Å². The van der Waals surface area contributed by atoms with Gasteiger partial charge in [-0.25, -0.2) is 0 Å². The molecule has 0 aliphatic heterocycles. The molecule has 0 saturated carbocycles. The molecule has 1 aromatic heterocycles. The molecule has 0 aliphatic carbocycles. The Hall–Kier alpha value is -4.34. The van der Waals surface area contributed by atoms with Gasteiger partial charge in [-0.15, -0.1) is 0 Å². The van der Waals surface area contributed by atoms with Crippen molar-refractivity contribution in [1.29, 1.82) is 0 Å². The van der Waals surface area contributed by atoms with Gasteiger partial charge >= 0.3 is 227 Å². The molecule has 2 heteroatoms. The predicted molar refractivity (Wildman–Crippen MR) is 164 cm³/mol. The topological polar surface area (TPSA) is 4.93 Å². The molecule has 1 heterocycles. The van der Waals surface area contributed by atoms with E-state index in [1.165, 1.54) is 45.1 Å². The summed E-state index contributed by atoms with van der Waals surface area (Å²) in [6.45, 7) is 0. The number of hydrogen-bond acceptors (Lipinski definition) is 0. The molecule has 0 unspecified atom stereocenters. The molecule has 0 N–H and O–H groups in total. The van der Waals surface area contributed by atoms with Crippen LogP contribution in [0.1, 0.15) is 0 Å². The molecule has 0 bridgehead atoms. The summed E-state index contributed by atoms with van der Waals surface area (Å²) in [5.74, 6) is 0.